The van der Waals surface area contributed by atoms with E-state index in [9.17, 15) is 8.78 Å². The quantitative estimate of drug-likeness (QED) is 0.737. The van der Waals surface area contributed by atoms with Crippen LogP contribution in [0.4, 0.5) is 8.78 Å². The predicted octanol–water partition coefficient (Wildman–Crippen LogP) is 1.38. The third-order valence-corrected chi connectivity index (χ3v) is 1.58. The zero-order valence-corrected chi connectivity index (χ0v) is 6.96. The SMILES string of the molecule is C[C@H](N)c1cn(C)nc1C(F)F. The number of nitrogens with zero attached hydrogens (tertiary/aromatic N) is 2. The Hall–Kier alpha value is -0.970. The van der Waals surface area contributed by atoms with E-state index in [2.05, 4.69) is 5.10 Å². The summed E-state index contributed by atoms with van der Waals surface area (Å²) in [5.74, 6) is 0. The van der Waals surface area contributed by atoms with E-state index in [1.165, 1.54) is 10.9 Å². The summed E-state index contributed by atoms with van der Waals surface area (Å²) in [7, 11) is 1.60. The topological polar surface area (TPSA) is 43.8 Å². The van der Waals surface area contributed by atoms with Gasteiger partial charge in [-0.3, -0.25) is 4.68 Å². The van der Waals surface area contributed by atoms with Crippen LogP contribution in [0.25, 0.3) is 0 Å². The highest BCUT2D eigenvalue weighted by Crippen LogP contribution is 2.24. The van der Waals surface area contributed by atoms with E-state index in [0.29, 0.717) is 5.56 Å². The van der Waals surface area contributed by atoms with Gasteiger partial charge in [-0.1, -0.05) is 0 Å². The van der Waals surface area contributed by atoms with Gasteiger partial charge < -0.3 is 5.73 Å². The molecule has 0 saturated heterocycles. The van der Waals surface area contributed by atoms with Gasteiger partial charge in [-0.2, -0.15) is 5.10 Å². The number of hydrogen-bond acceptors (Lipinski definition) is 2. The first-order valence-electron chi connectivity index (χ1n) is 3.59. The number of aromatic nitrogens is 2. The first kappa shape index (κ1) is 9.12. The first-order chi connectivity index (χ1) is 5.52. The zero-order valence-electron chi connectivity index (χ0n) is 6.96. The number of halogens is 2. The van der Waals surface area contributed by atoms with Crippen molar-refractivity contribution in [3.05, 3.63) is 17.5 Å². The molecule has 1 rings (SSSR count). The highest BCUT2D eigenvalue weighted by Gasteiger charge is 2.19. The van der Waals surface area contributed by atoms with E-state index in [-0.39, 0.29) is 5.69 Å². The number of hydrogen-bond donors (Lipinski definition) is 1. The van der Waals surface area contributed by atoms with Crippen molar-refractivity contribution in [2.45, 2.75) is 19.4 Å². The molecule has 0 aromatic carbocycles. The molecule has 0 aliphatic heterocycles. The van der Waals surface area contributed by atoms with Crippen LogP contribution in [0.15, 0.2) is 6.20 Å². The van der Waals surface area contributed by atoms with Gasteiger partial charge in [0.15, 0.2) is 0 Å². The highest BCUT2D eigenvalue weighted by molar-refractivity contribution is 5.21. The molecule has 0 saturated carbocycles. The molecule has 68 valence electrons. The monoisotopic (exact) mass is 175 g/mol. The molecule has 0 bridgehead atoms. The first-order valence-corrected chi connectivity index (χ1v) is 3.59. The Morgan fingerprint density at radius 2 is 2.17 bits per heavy atom. The number of aryl methyl sites for hydroxylation is 1. The average Bonchev–Trinajstić information content (AvgIpc) is 2.31. The highest BCUT2D eigenvalue weighted by atomic mass is 19.3. The van der Waals surface area contributed by atoms with Gasteiger partial charge in [0.1, 0.15) is 5.69 Å². The minimum atomic E-state index is -2.55. The molecule has 0 aliphatic rings. The lowest BCUT2D eigenvalue weighted by atomic mass is 10.1. The van der Waals surface area contributed by atoms with Crippen LogP contribution in [0, 0.1) is 0 Å². The molecular formula is C7H11F2N3. The standard InChI is InChI=1S/C7H11F2N3/c1-4(10)5-3-12(2)11-6(5)7(8)9/h3-4,7H,10H2,1-2H3/t4-/m0/s1. The fourth-order valence-electron chi connectivity index (χ4n) is 1.04. The van der Waals surface area contributed by atoms with Crippen molar-refractivity contribution in [1.29, 1.82) is 0 Å². The molecule has 0 amide bonds. The zero-order chi connectivity index (χ0) is 9.30. The molecule has 0 aliphatic carbocycles. The fourth-order valence-corrected chi connectivity index (χ4v) is 1.04. The molecule has 1 aromatic heterocycles. The van der Waals surface area contributed by atoms with Crippen molar-refractivity contribution in [3.8, 4) is 0 Å². The molecule has 0 radical (unpaired) electrons. The summed E-state index contributed by atoms with van der Waals surface area (Å²) in [5, 5.41) is 3.62. The number of rotatable bonds is 2. The van der Waals surface area contributed by atoms with Crippen molar-refractivity contribution in [2.75, 3.05) is 0 Å². The Morgan fingerprint density at radius 3 is 2.50 bits per heavy atom. The summed E-state index contributed by atoms with van der Waals surface area (Å²) in [6, 6.07) is -0.400. The lowest BCUT2D eigenvalue weighted by Crippen LogP contribution is -2.06. The van der Waals surface area contributed by atoms with Crippen molar-refractivity contribution < 1.29 is 8.78 Å². The summed E-state index contributed by atoms with van der Waals surface area (Å²) >= 11 is 0. The third kappa shape index (κ3) is 1.61. The molecule has 0 spiro atoms. The van der Waals surface area contributed by atoms with Crippen LogP contribution >= 0.6 is 0 Å². The van der Waals surface area contributed by atoms with Gasteiger partial charge in [-0.25, -0.2) is 8.78 Å². The van der Waals surface area contributed by atoms with E-state index in [0.717, 1.165) is 0 Å². The van der Waals surface area contributed by atoms with Crippen molar-refractivity contribution in [2.24, 2.45) is 12.8 Å². The minimum absolute atomic E-state index is 0.215. The third-order valence-electron chi connectivity index (χ3n) is 1.58. The molecule has 1 aromatic rings. The van der Waals surface area contributed by atoms with Gasteiger partial charge in [0, 0.05) is 24.8 Å². The predicted molar refractivity (Wildman–Crippen MR) is 40.8 cm³/mol. The Bertz CT molecular complexity index is 242. The van der Waals surface area contributed by atoms with Crippen LogP contribution in [-0.2, 0) is 7.05 Å². The van der Waals surface area contributed by atoms with Gasteiger partial charge in [0.2, 0.25) is 0 Å². The second-order valence-electron chi connectivity index (χ2n) is 2.73. The van der Waals surface area contributed by atoms with Gasteiger partial charge in [0.25, 0.3) is 6.43 Å². The lowest BCUT2D eigenvalue weighted by Gasteiger charge is -2.03. The number of alkyl halides is 2. The Labute approximate surface area is 69.2 Å². The van der Waals surface area contributed by atoms with Gasteiger partial charge >= 0.3 is 0 Å². The molecule has 2 N–H and O–H groups in total. The molecule has 1 heterocycles. The van der Waals surface area contributed by atoms with Crippen LogP contribution in [0.2, 0.25) is 0 Å². The Kier molecular flexibility index (Phi) is 2.42. The summed E-state index contributed by atoms with van der Waals surface area (Å²) in [4.78, 5) is 0. The second kappa shape index (κ2) is 3.18. The van der Waals surface area contributed by atoms with Gasteiger partial charge in [0.05, 0.1) is 0 Å². The van der Waals surface area contributed by atoms with E-state index >= 15 is 0 Å². The lowest BCUT2D eigenvalue weighted by molar-refractivity contribution is 0.143. The van der Waals surface area contributed by atoms with Crippen LogP contribution in [0.5, 0.6) is 0 Å². The second-order valence-corrected chi connectivity index (χ2v) is 2.73. The largest absolute Gasteiger partial charge is 0.324 e. The molecule has 0 fully saturated rings. The van der Waals surface area contributed by atoms with Gasteiger partial charge in [-0.15, -0.1) is 0 Å². The Morgan fingerprint density at radius 1 is 1.58 bits per heavy atom. The normalized spacial score (nSPS) is 13.8. The smallest absolute Gasteiger partial charge is 0.282 e. The maximum atomic E-state index is 12.3. The number of nitrogens with two attached hydrogens (primary N) is 1. The maximum absolute atomic E-state index is 12.3. The Balaban J connectivity index is 3.08. The van der Waals surface area contributed by atoms with Crippen molar-refractivity contribution in [1.82, 2.24) is 9.78 Å². The average molecular weight is 175 g/mol. The maximum Gasteiger partial charge on any atom is 0.282 e. The fraction of sp³-hybridized carbons (Fsp3) is 0.571. The van der Waals surface area contributed by atoms with Crippen molar-refractivity contribution in [3.63, 3.8) is 0 Å². The summed E-state index contributed by atoms with van der Waals surface area (Å²) in [6.45, 7) is 1.66. The molecular weight excluding hydrogens is 164 g/mol. The van der Waals surface area contributed by atoms with E-state index in [4.69, 9.17) is 5.73 Å². The van der Waals surface area contributed by atoms with E-state index < -0.39 is 12.5 Å². The van der Waals surface area contributed by atoms with E-state index in [1.807, 2.05) is 0 Å². The van der Waals surface area contributed by atoms with Crippen LogP contribution in [-0.4, -0.2) is 9.78 Å². The summed E-state index contributed by atoms with van der Waals surface area (Å²) in [5.41, 5.74) is 5.67. The molecule has 12 heavy (non-hydrogen) atoms. The molecule has 1 atom stereocenters. The molecule has 5 heteroatoms. The van der Waals surface area contributed by atoms with Crippen LogP contribution in [0.3, 0.4) is 0 Å². The molecule has 0 unspecified atom stereocenters. The van der Waals surface area contributed by atoms with Gasteiger partial charge in [-0.05, 0) is 6.92 Å². The van der Waals surface area contributed by atoms with Crippen LogP contribution in [0.1, 0.15) is 30.6 Å². The summed E-state index contributed by atoms with van der Waals surface area (Å²) < 4.78 is 25.9. The summed E-state index contributed by atoms with van der Waals surface area (Å²) in [6.07, 6.45) is -1.03. The minimum Gasteiger partial charge on any atom is -0.324 e. The molecule has 3 nitrogen and oxygen atoms in total. The van der Waals surface area contributed by atoms with Crippen LogP contribution < -0.4 is 5.73 Å². The van der Waals surface area contributed by atoms with E-state index in [1.54, 1.807) is 14.0 Å². The van der Waals surface area contributed by atoms with Crippen molar-refractivity contribution >= 4 is 0 Å².